The van der Waals surface area contributed by atoms with Crippen LogP contribution in [-0.4, -0.2) is 39.0 Å². The molecule has 10 heteroatoms. The predicted octanol–water partition coefficient (Wildman–Crippen LogP) is 5.25. The third-order valence-corrected chi connectivity index (χ3v) is 7.15. The van der Waals surface area contributed by atoms with Crippen LogP contribution in [0.4, 0.5) is 4.39 Å². The number of rotatable bonds is 13. The molecular weight excluding hydrogens is 541 g/mol. The Bertz CT molecular complexity index is 1590. The van der Waals surface area contributed by atoms with Crippen LogP contribution in [0.2, 0.25) is 5.02 Å². The van der Waals surface area contributed by atoms with Crippen LogP contribution in [0.15, 0.2) is 71.1 Å². The van der Waals surface area contributed by atoms with E-state index in [1.807, 2.05) is 37.3 Å². The lowest BCUT2D eigenvalue weighted by Crippen LogP contribution is -2.27. The van der Waals surface area contributed by atoms with Crippen molar-refractivity contribution in [2.45, 2.75) is 58.2 Å². The number of nitrogens with zero attached hydrogens (tertiary/aromatic N) is 3. The van der Waals surface area contributed by atoms with Crippen molar-refractivity contribution in [2.24, 2.45) is 16.5 Å². The molecule has 0 unspecified atom stereocenters. The number of aromatic nitrogens is 3. The molecule has 6 N–H and O–H groups in total. The fourth-order valence-electron chi connectivity index (χ4n) is 4.64. The maximum Gasteiger partial charge on any atom is 0.354 e. The number of nitrogens with one attached hydrogen (secondary N) is 2. The normalized spacial score (nSPS) is 13.4. The molecule has 4 aromatic rings. The summed E-state index contributed by atoms with van der Waals surface area (Å²) in [5.41, 5.74) is 14.9. The van der Waals surface area contributed by atoms with Gasteiger partial charge in [-0.1, -0.05) is 29.8 Å². The highest BCUT2D eigenvalue weighted by atomic mass is 35.5. The van der Waals surface area contributed by atoms with E-state index in [4.69, 9.17) is 23.1 Å². The van der Waals surface area contributed by atoms with Gasteiger partial charge in [0.2, 0.25) is 0 Å². The van der Waals surface area contributed by atoms with E-state index in [0.29, 0.717) is 46.9 Å². The summed E-state index contributed by atoms with van der Waals surface area (Å²) in [5.74, 6) is 0.0474. The number of fused-ring (bicyclic) bond motifs is 1. The Kier molecular flexibility index (Phi) is 10.1. The molecule has 0 fully saturated rings. The molecule has 216 valence electrons. The molecule has 0 saturated heterocycles. The largest absolute Gasteiger partial charge is 0.388 e. The van der Waals surface area contributed by atoms with Crippen molar-refractivity contribution >= 4 is 28.5 Å². The number of H-pyrrole nitrogens is 1. The number of aliphatic imine (C=N–C) groups is 1. The Balaban J connectivity index is 1.52. The Labute approximate surface area is 244 Å². The van der Waals surface area contributed by atoms with Gasteiger partial charge in [0, 0.05) is 42.3 Å². The van der Waals surface area contributed by atoms with Crippen LogP contribution in [0.5, 0.6) is 0 Å². The zero-order valence-electron chi connectivity index (χ0n) is 23.5. The maximum absolute atomic E-state index is 15.1. The van der Waals surface area contributed by atoms with E-state index in [1.54, 1.807) is 31.3 Å². The number of benzene rings is 2. The second-order valence-electron chi connectivity index (χ2n) is 10.4. The SMILES string of the molecule is C=C[C@@H](CCN=C(C)N)NCc1ccc(-n2cc3cc(-c4cc(CCC[C@H](C)N)cc(Cl)c4F)[nH]c3nc2=O)cc1. The van der Waals surface area contributed by atoms with E-state index < -0.39 is 11.5 Å². The van der Waals surface area contributed by atoms with Gasteiger partial charge in [0.15, 0.2) is 5.82 Å². The smallest absolute Gasteiger partial charge is 0.354 e. The first-order chi connectivity index (χ1) is 19.6. The first-order valence-corrected chi connectivity index (χ1v) is 14.1. The Morgan fingerprint density at radius 2 is 2.00 bits per heavy atom. The van der Waals surface area contributed by atoms with Crippen molar-refractivity contribution in [3.05, 3.63) is 93.8 Å². The lowest BCUT2D eigenvalue weighted by Gasteiger charge is -2.14. The Hall–Kier alpha value is -3.79. The van der Waals surface area contributed by atoms with E-state index >= 15 is 4.39 Å². The van der Waals surface area contributed by atoms with E-state index in [9.17, 15) is 4.79 Å². The van der Waals surface area contributed by atoms with Gasteiger partial charge in [0.1, 0.15) is 5.65 Å². The molecule has 2 heterocycles. The number of hydrogen-bond acceptors (Lipinski definition) is 5. The van der Waals surface area contributed by atoms with Gasteiger partial charge in [-0.05, 0) is 81.0 Å². The fourth-order valence-corrected chi connectivity index (χ4v) is 4.89. The van der Waals surface area contributed by atoms with Gasteiger partial charge in [-0.3, -0.25) is 9.56 Å². The quantitative estimate of drug-likeness (QED) is 0.0980. The lowest BCUT2D eigenvalue weighted by molar-refractivity contribution is 0.563. The topological polar surface area (TPSA) is 127 Å². The molecule has 0 amide bonds. The fraction of sp³-hybridized carbons (Fsp3) is 0.323. The number of hydrogen-bond donors (Lipinski definition) is 4. The van der Waals surface area contributed by atoms with Gasteiger partial charge < -0.3 is 21.8 Å². The highest BCUT2D eigenvalue weighted by molar-refractivity contribution is 6.31. The maximum atomic E-state index is 15.1. The third kappa shape index (κ3) is 7.91. The molecule has 0 bridgehead atoms. The average molecular weight is 578 g/mol. The monoisotopic (exact) mass is 577 g/mol. The minimum Gasteiger partial charge on any atom is -0.388 e. The molecule has 0 aliphatic carbocycles. The van der Waals surface area contributed by atoms with Crippen LogP contribution in [0.25, 0.3) is 28.0 Å². The zero-order valence-corrected chi connectivity index (χ0v) is 24.2. The average Bonchev–Trinajstić information content (AvgIpc) is 3.34. The minimum atomic E-state index is -0.519. The van der Waals surface area contributed by atoms with Crippen molar-refractivity contribution in [1.82, 2.24) is 19.9 Å². The molecule has 0 saturated carbocycles. The number of aryl methyl sites for hydroxylation is 1. The van der Waals surface area contributed by atoms with Crippen LogP contribution >= 0.6 is 11.6 Å². The van der Waals surface area contributed by atoms with Crippen molar-refractivity contribution < 1.29 is 4.39 Å². The molecule has 0 radical (unpaired) electrons. The summed E-state index contributed by atoms with van der Waals surface area (Å²) in [6.07, 6.45) is 6.84. The molecule has 2 aromatic heterocycles. The summed E-state index contributed by atoms with van der Waals surface area (Å²) in [6.45, 7) is 8.88. The van der Waals surface area contributed by atoms with Gasteiger partial charge >= 0.3 is 5.69 Å². The van der Waals surface area contributed by atoms with Crippen LogP contribution in [-0.2, 0) is 13.0 Å². The standard InChI is InChI=1S/C31H37ClFN7O/c1-4-24(12-13-36-20(3)35)37-17-21-8-10-25(11-9-21)40-18-23-16-28(38-30(23)39-31(40)41)26-14-22(7-5-6-19(2)34)15-27(32)29(26)33/h4,8-11,14-16,18-19,24,37H,1,5-7,12-13,17,34H2,2-3H3,(H2,35,36)(H,38,39,41)/t19-,24-/m0/s1. The van der Waals surface area contributed by atoms with Gasteiger partial charge in [0.25, 0.3) is 0 Å². The molecule has 2 atom stereocenters. The van der Waals surface area contributed by atoms with Crippen molar-refractivity contribution in [1.29, 1.82) is 0 Å². The summed E-state index contributed by atoms with van der Waals surface area (Å²) in [5, 5.41) is 4.17. The van der Waals surface area contributed by atoms with Crippen molar-refractivity contribution in [2.75, 3.05) is 6.54 Å². The molecule has 41 heavy (non-hydrogen) atoms. The van der Waals surface area contributed by atoms with E-state index in [2.05, 4.69) is 26.9 Å². The second-order valence-corrected chi connectivity index (χ2v) is 10.8. The van der Waals surface area contributed by atoms with Crippen LogP contribution in [0.3, 0.4) is 0 Å². The van der Waals surface area contributed by atoms with E-state index in [0.717, 1.165) is 36.8 Å². The Morgan fingerprint density at radius 3 is 2.68 bits per heavy atom. The molecule has 0 aliphatic rings. The van der Waals surface area contributed by atoms with Gasteiger partial charge in [0.05, 0.1) is 22.2 Å². The molecule has 0 spiro atoms. The first-order valence-electron chi connectivity index (χ1n) is 13.7. The molecule has 4 rings (SSSR count). The Morgan fingerprint density at radius 1 is 1.24 bits per heavy atom. The van der Waals surface area contributed by atoms with Crippen LogP contribution in [0, 0.1) is 5.82 Å². The summed E-state index contributed by atoms with van der Waals surface area (Å²) >= 11 is 6.23. The van der Waals surface area contributed by atoms with E-state index in [1.165, 1.54) is 4.57 Å². The summed E-state index contributed by atoms with van der Waals surface area (Å²) < 4.78 is 16.5. The van der Waals surface area contributed by atoms with Crippen LogP contribution in [0.1, 0.15) is 44.2 Å². The molecular formula is C31H37ClFN7O. The van der Waals surface area contributed by atoms with Crippen molar-refractivity contribution in [3.63, 3.8) is 0 Å². The minimum absolute atomic E-state index is 0.0534. The summed E-state index contributed by atoms with van der Waals surface area (Å²) in [4.78, 5) is 24.4. The summed E-state index contributed by atoms with van der Waals surface area (Å²) in [7, 11) is 0. The van der Waals surface area contributed by atoms with Crippen molar-refractivity contribution in [3.8, 4) is 16.9 Å². The second kappa shape index (κ2) is 13.7. The number of amidine groups is 1. The number of nitrogens with two attached hydrogens (primary N) is 2. The number of aromatic amines is 1. The van der Waals surface area contributed by atoms with Gasteiger partial charge in [-0.15, -0.1) is 6.58 Å². The summed E-state index contributed by atoms with van der Waals surface area (Å²) in [6, 6.07) is 13.1. The lowest BCUT2D eigenvalue weighted by atomic mass is 10.0. The number of halogens is 2. The van der Waals surface area contributed by atoms with Crippen LogP contribution < -0.4 is 22.5 Å². The first kappa shape index (κ1) is 30.2. The zero-order chi connectivity index (χ0) is 29.5. The highest BCUT2D eigenvalue weighted by Gasteiger charge is 2.16. The van der Waals surface area contributed by atoms with Gasteiger partial charge in [-0.25, -0.2) is 9.18 Å². The van der Waals surface area contributed by atoms with Gasteiger partial charge in [-0.2, -0.15) is 4.98 Å². The molecule has 2 aromatic carbocycles. The molecule has 0 aliphatic heterocycles. The third-order valence-electron chi connectivity index (χ3n) is 6.88. The highest BCUT2D eigenvalue weighted by Crippen LogP contribution is 2.31. The molecule has 8 nitrogen and oxygen atoms in total. The van der Waals surface area contributed by atoms with E-state index in [-0.39, 0.29) is 17.1 Å². The predicted molar refractivity (Wildman–Crippen MR) is 166 cm³/mol.